The number of β-amino-alcohol motifs (C(OH)–C–C–N with tert-alkyl or cyclic N) is 1. The molecule has 0 bridgehead atoms. The van der Waals surface area contributed by atoms with E-state index >= 15 is 0 Å². The van der Waals surface area contributed by atoms with Crippen molar-refractivity contribution < 1.29 is 68.0 Å². The van der Waals surface area contributed by atoms with Crippen molar-refractivity contribution in [2.45, 2.75) is 66.3 Å². The van der Waals surface area contributed by atoms with Gasteiger partial charge in [-0.3, -0.25) is 23.4 Å². The molecule has 2 aliphatic heterocycles. The molecule has 0 spiro atoms. The Bertz CT molecular complexity index is 2800. The molecule has 7 rings (SSSR count). The van der Waals surface area contributed by atoms with E-state index in [1.165, 1.54) is 18.2 Å². The number of anilines is 1. The minimum atomic E-state index is -4.59. The summed E-state index contributed by atoms with van der Waals surface area (Å²) in [6.45, 7) is 3.34. The van der Waals surface area contributed by atoms with Crippen molar-refractivity contribution in [3.63, 3.8) is 0 Å². The predicted octanol–water partition coefficient (Wildman–Crippen LogP) is 5.00. The number of aromatic nitrogens is 1. The minimum absolute atomic E-state index is 0.245. The fourth-order valence-electron chi connectivity index (χ4n) is 9.09. The van der Waals surface area contributed by atoms with E-state index in [0.29, 0.717) is 53.2 Å². The van der Waals surface area contributed by atoms with Gasteiger partial charge in [0.15, 0.2) is 5.71 Å². The van der Waals surface area contributed by atoms with Crippen LogP contribution < -0.4 is 4.90 Å². The Kier molecular flexibility index (Phi) is 12.2. The lowest BCUT2D eigenvalue weighted by Gasteiger charge is -2.28. The first kappa shape index (κ1) is 44.7. The molecule has 21 heteroatoms. The van der Waals surface area contributed by atoms with Crippen LogP contribution in [0.3, 0.4) is 0 Å². The van der Waals surface area contributed by atoms with Crippen LogP contribution in [0.1, 0.15) is 56.2 Å². The molecule has 61 heavy (non-hydrogen) atoms. The van der Waals surface area contributed by atoms with Crippen molar-refractivity contribution in [3.05, 3.63) is 119 Å². The average Bonchev–Trinajstić information content (AvgIpc) is 3.83. The topological polar surface area (TPSA) is 258 Å². The highest BCUT2D eigenvalue weighted by Gasteiger charge is 2.54. The summed E-state index contributed by atoms with van der Waals surface area (Å²) in [5.41, 5.74) is 5.78. The number of Topliss-reactive ketones (excluding diaryl/α,β-unsaturated/α-hetero) is 1. The summed E-state index contributed by atoms with van der Waals surface area (Å²) in [5.74, 6) is -2.71. The van der Waals surface area contributed by atoms with Gasteiger partial charge in [-0.1, -0.05) is 29.3 Å². The molecule has 3 unspecified atom stereocenters. The Balaban J connectivity index is 1.32. The second kappa shape index (κ2) is 16.7. The Labute approximate surface area is 356 Å². The van der Waals surface area contributed by atoms with E-state index in [1.54, 1.807) is 34.0 Å². The second-order valence-corrected chi connectivity index (χ2v) is 20.8. The zero-order valence-electron chi connectivity index (χ0n) is 32.7. The van der Waals surface area contributed by atoms with Crippen molar-refractivity contribution in [2.75, 3.05) is 29.5 Å². The van der Waals surface area contributed by atoms with Crippen molar-refractivity contribution in [1.29, 1.82) is 0 Å². The van der Waals surface area contributed by atoms with E-state index in [4.69, 9.17) is 5.26 Å². The molecule has 0 saturated heterocycles. The van der Waals surface area contributed by atoms with Crippen LogP contribution in [0.4, 0.5) is 11.4 Å². The molecule has 5 N–H and O–H groups in total. The number of hydrogen-bond acceptors (Lipinski definition) is 14. The molecule has 1 saturated carbocycles. The lowest BCUT2D eigenvalue weighted by Crippen LogP contribution is -2.36. The number of nitrogens with zero attached hydrogens (tertiary/aromatic N) is 3. The quantitative estimate of drug-likeness (QED) is 0.0316. The van der Waals surface area contributed by atoms with Crippen LogP contribution in [-0.2, 0) is 55.4 Å². The molecule has 3 heterocycles. The summed E-state index contributed by atoms with van der Waals surface area (Å²) in [5, 5.41) is 23.3. The monoisotopic (exact) mass is 916 g/mol. The van der Waals surface area contributed by atoms with Gasteiger partial charge < -0.3 is 10.0 Å². The van der Waals surface area contributed by atoms with Gasteiger partial charge in [0.25, 0.3) is 30.4 Å². The molecular formula is C40H42N3O14S4+. The maximum Gasteiger partial charge on any atom is 0.294 e. The number of carbonyl (C=O) groups is 1. The van der Waals surface area contributed by atoms with Crippen molar-refractivity contribution in [1.82, 2.24) is 4.98 Å². The van der Waals surface area contributed by atoms with Crippen LogP contribution in [-0.4, -0.2) is 101 Å². The lowest BCUT2D eigenvalue weighted by molar-refractivity contribution is -0.432. The summed E-state index contributed by atoms with van der Waals surface area (Å²) >= 11 is 0.775. The second-order valence-electron chi connectivity index (χ2n) is 15.7. The maximum absolute atomic E-state index is 13.1. The number of fused-ring (bicyclic) bond motifs is 6. The summed E-state index contributed by atoms with van der Waals surface area (Å²) < 4.78 is 106. The van der Waals surface area contributed by atoms with E-state index in [1.807, 2.05) is 56.4 Å². The van der Waals surface area contributed by atoms with Gasteiger partial charge in [0, 0.05) is 57.8 Å². The van der Waals surface area contributed by atoms with Crippen LogP contribution in [0.5, 0.6) is 0 Å². The Morgan fingerprint density at radius 1 is 0.951 bits per heavy atom. The highest BCUT2D eigenvalue weighted by molar-refractivity contribution is 7.94. The molecule has 1 aromatic heterocycles. The van der Waals surface area contributed by atoms with Crippen LogP contribution in [0.2, 0.25) is 0 Å². The van der Waals surface area contributed by atoms with Gasteiger partial charge in [-0.05, 0) is 104 Å². The number of hydrogen-bond donors (Lipinski definition) is 5. The first-order chi connectivity index (χ1) is 28.6. The zero-order valence-corrected chi connectivity index (χ0v) is 36.0. The summed E-state index contributed by atoms with van der Waals surface area (Å²) in [6.07, 6.45) is 11.6. The number of ketones is 1. The number of rotatable bonds is 16. The molecule has 324 valence electrons. The highest BCUT2D eigenvalue weighted by Crippen LogP contribution is 2.57. The summed E-state index contributed by atoms with van der Waals surface area (Å²) in [7, 11) is -13.7. The van der Waals surface area contributed by atoms with Crippen LogP contribution in [0.25, 0.3) is 5.57 Å². The Morgan fingerprint density at radius 3 is 2.34 bits per heavy atom. The van der Waals surface area contributed by atoms with E-state index in [9.17, 15) is 48.8 Å². The zero-order chi connectivity index (χ0) is 44.1. The van der Waals surface area contributed by atoms with Gasteiger partial charge in [-0.25, -0.2) is 5.26 Å². The minimum Gasteiger partial charge on any atom is -0.390 e. The molecule has 3 atom stereocenters. The number of allylic oxidation sites excluding steroid dienone is 8. The number of aliphatic hydroxyl groups excluding tert-OH is 1. The van der Waals surface area contributed by atoms with Crippen LogP contribution in [0, 0.1) is 0 Å². The third-order valence-corrected chi connectivity index (χ3v) is 14.5. The Hall–Kier alpha value is -4.39. The van der Waals surface area contributed by atoms with E-state index in [-0.39, 0.29) is 18.0 Å². The number of aliphatic hydroxyl groups is 1. The van der Waals surface area contributed by atoms with Gasteiger partial charge in [0.05, 0.1) is 28.5 Å². The van der Waals surface area contributed by atoms with Gasteiger partial charge in [0.2, 0.25) is 18.0 Å². The molecule has 17 nitrogen and oxygen atoms in total. The molecule has 2 aromatic carbocycles. The molecule has 3 aromatic rings. The Morgan fingerprint density at radius 2 is 1.67 bits per heavy atom. The van der Waals surface area contributed by atoms with Gasteiger partial charge in [-0.2, -0.15) is 29.8 Å². The molecule has 2 aliphatic carbocycles. The van der Waals surface area contributed by atoms with Crippen molar-refractivity contribution in [3.8, 4) is 0 Å². The first-order valence-electron chi connectivity index (χ1n) is 18.8. The van der Waals surface area contributed by atoms with E-state index in [2.05, 4.69) is 14.4 Å². The van der Waals surface area contributed by atoms with Crippen molar-refractivity contribution >= 4 is 70.8 Å². The summed E-state index contributed by atoms with van der Waals surface area (Å²) in [6, 6.07) is 13.0. The third-order valence-electron chi connectivity index (χ3n) is 11.6. The van der Waals surface area contributed by atoms with Gasteiger partial charge in [-0.15, -0.1) is 4.33 Å². The predicted molar refractivity (Wildman–Crippen MR) is 224 cm³/mol. The number of pyridine rings is 1. The largest absolute Gasteiger partial charge is 0.390 e. The standard InChI is InChI=1S/C40H41N3O14S4/c1-39-15-11-27(37(39)42(21-29(44)23-59(47,48)49)35-9-7-31(19-33(35)39)58-57-56-46)5-3-25(26-13-17-41-18-14-26)4-6-28-12-16-40(2)34-20-32(61(53,54)55)8-10-36(34)43(38(28)40)22-30(45)24-60(50,51)52/h3-10,13-14,17-20,30,45H,11-12,15-16,21-24H2,1-2H3,(H3-,46,47,48,49,50,51,52,53,54,55)/p+1. The number of carbonyl (C=O) groups excluding carboxylic acids is 1. The third kappa shape index (κ3) is 9.23. The molecular weight excluding hydrogens is 875 g/mol. The van der Waals surface area contributed by atoms with Crippen LogP contribution >= 0.6 is 12.0 Å². The van der Waals surface area contributed by atoms with E-state index < -0.39 is 64.6 Å². The SMILES string of the molecule is CC12CCC(C=CC(=CC=C3CCC4(C)C3=[N+](CC(=O)CS(=O)(=O)O)c3ccc(SOOO)cc34)c3ccncc3)=C1N(CC(O)CS(=O)(=O)O)c1ccc(S(=O)(=O)O)cc12. The van der Waals surface area contributed by atoms with E-state index in [0.717, 1.165) is 45.6 Å². The summed E-state index contributed by atoms with van der Waals surface area (Å²) in [4.78, 5) is 19.2. The van der Waals surface area contributed by atoms with Gasteiger partial charge >= 0.3 is 0 Å². The fourth-order valence-corrected chi connectivity index (χ4v) is 11.1. The molecule has 4 aliphatic rings. The fraction of sp³-hybridized carbons (Fsp3) is 0.325. The first-order valence-corrected chi connectivity index (χ1v) is 24.2. The smallest absolute Gasteiger partial charge is 0.294 e. The lowest BCUT2D eigenvalue weighted by atomic mass is 9.81. The van der Waals surface area contributed by atoms with Crippen LogP contribution in [0.15, 0.2) is 112 Å². The molecule has 0 amide bonds. The highest BCUT2D eigenvalue weighted by atomic mass is 32.2. The van der Waals surface area contributed by atoms with Gasteiger partial charge in [0.1, 0.15) is 11.5 Å². The normalized spacial score (nSPS) is 22.6. The maximum atomic E-state index is 13.1. The average molecular weight is 917 g/mol. The van der Waals surface area contributed by atoms with Crippen molar-refractivity contribution in [2.24, 2.45) is 0 Å². The molecule has 0 radical (unpaired) electrons. The molecule has 1 fully saturated rings. The number of benzene rings is 2.